The average molecular weight is 298 g/mol. The molecule has 17 heavy (non-hydrogen) atoms. The van der Waals surface area contributed by atoms with E-state index in [1.807, 2.05) is 0 Å². The van der Waals surface area contributed by atoms with E-state index in [1.54, 1.807) is 0 Å². The molecule has 0 aliphatic carbocycles. The van der Waals surface area contributed by atoms with Crippen molar-refractivity contribution in [2.24, 2.45) is 5.92 Å². The first-order valence-electron chi connectivity index (χ1n) is 6.60. The smallest absolute Gasteiger partial charge is 0.0305 e. The van der Waals surface area contributed by atoms with Crippen LogP contribution in [0.25, 0.3) is 0 Å². The summed E-state index contributed by atoms with van der Waals surface area (Å²) in [5.41, 5.74) is 1.34. The predicted octanol–water partition coefficient (Wildman–Crippen LogP) is 4.92. The highest BCUT2D eigenvalue weighted by Gasteiger charge is 2.17. The Labute approximate surface area is 114 Å². The van der Waals surface area contributed by atoms with Crippen molar-refractivity contribution in [2.45, 2.75) is 52.6 Å². The molecule has 2 unspecified atom stereocenters. The van der Waals surface area contributed by atoms with Crippen molar-refractivity contribution in [2.75, 3.05) is 0 Å². The first kappa shape index (κ1) is 14.7. The van der Waals surface area contributed by atoms with Gasteiger partial charge in [0.05, 0.1) is 0 Å². The van der Waals surface area contributed by atoms with Crippen molar-refractivity contribution in [3.8, 4) is 0 Å². The molecule has 0 aliphatic rings. The molecule has 1 aromatic carbocycles. The van der Waals surface area contributed by atoms with Crippen LogP contribution in [0.3, 0.4) is 0 Å². The molecule has 2 heteroatoms. The Bertz CT molecular complexity index is 333. The quantitative estimate of drug-likeness (QED) is 0.785. The molecule has 1 aromatic rings. The molecule has 1 rings (SSSR count). The number of hydrogen-bond donors (Lipinski definition) is 1. The maximum Gasteiger partial charge on any atom is 0.0305 e. The van der Waals surface area contributed by atoms with Crippen LogP contribution < -0.4 is 5.32 Å². The van der Waals surface area contributed by atoms with Crippen LogP contribution in [-0.2, 0) is 0 Å². The molecule has 0 fully saturated rings. The molecule has 1 nitrogen and oxygen atoms in total. The fourth-order valence-electron chi connectivity index (χ4n) is 2.44. The minimum absolute atomic E-state index is 0.390. The SMILES string of the molecule is CCC(CC)C(C)NC(C)c1ccccc1Br. The highest BCUT2D eigenvalue weighted by atomic mass is 79.9. The summed E-state index contributed by atoms with van der Waals surface area (Å²) in [6.07, 6.45) is 2.49. The third kappa shape index (κ3) is 4.11. The van der Waals surface area contributed by atoms with E-state index in [0.717, 1.165) is 5.92 Å². The molecular weight excluding hydrogens is 274 g/mol. The van der Waals surface area contributed by atoms with Gasteiger partial charge in [-0.15, -0.1) is 0 Å². The summed E-state index contributed by atoms with van der Waals surface area (Å²) in [5, 5.41) is 3.71. The fourth-order valence-corrected chi connectivity index (χ4v) is 3.07. The first-order valence-corrected chi connectivity index (χ1v) is 7.39. The summed E-state index contributed by atoms with van der Waals surface area (Å²) in [4.78, 5) is 0. The Kier molecular flexibility index (Phi) is 6.21. The van der Waals surface area contributed by atoms with Crippen molar-refractivity contribution < 1.29 is 0 Å². The van der Waals surface area contributed by atoms with Gasteiger partial charge in [0.2, 0.25) is 0 Å². The molecule has 0 bridgehead atoms. The maximum absolute atomic E-state index is 3.71. The molecule has 96 valence electrons. The second-order valence-electron chi connectivity index (χ2n) is 4.78. The van der Waals surface area contributed by atoms with Gasteiger partial charge in [-0.1, -0.05) is 60.8 Å². The normalized spacial score (nSPS) is 14.9. The summed E-state index contributed by atoms with van der Waals surface area (Å²) in [5.74, 6) is 0.764. The van der Waals surface area contributed by atoms with Gasteiger partial charge in [-0.2, -0.15) is 0 Å². The van der Waals surface area contributed by atoms with Crippen molar-refractivity contribution >= 4 is 15.9 Å². The zero-order chi connectivity index (χ0) is 12.8. The molecule has 0 saturated heterocycles. The van der Waals surface area contributed by atoms with Crippen LogP contribution in [-0.4, -0.2) is 6.04 Å². The standard InChI is InChI=1S/C15H24BrN/c1-5-13(6-2)11(3)17-12(4)14-9-7-8-10-15(14)16/h7-13,17H,5-6H2,1-4H3. The van der Waals surface area contributed by atoms with Crippen LogP contribution in [0.2, 0.25) is 0 Å². The third-order valence-electron chi connectivity index (χ3n) is 3.64. The van der Waals surface area contributed by atoms with Crippen molar-refractivity contribution in [1.29, 1.82) is 0 Å². The molecule has 2 atom stereocenters. The van der Waals surface area contributed by atoms with Gasteiger partial charge >= 0.3 is 0 Å². The van der Waals surface area contributed by atoms with Gasteiger partial charge in [0.1, 0.15) is 0 Å². The van der Waals surface area contributed by atoms with E-state index >= 15 is 0 Å². The summed E-state index contributed by atoms with van der Waals surface area (Å²) in [7, 11) is 0. The van der Waals surface area contributed by atoms with E-state index in [2.05, 4.69) is 73.2 Å². The molecule has 0 aromatic heterocycles. The summed E-state index contributed by atoms with van der Waals surface area (Å²) >= 11 is 3.62. The Morgan fingerprint density at radius 2 is 1.71 bits per heavy atom. The van der Waals surface area contributed by atoms with Gasteiger partial charge in [0.25, 0.3) is 0 Å². The second-order valence-corrected chi connectivity index (χ2v) is 5.63. The summed E-state index contributed by atoms with van der Waals surface area (Å²) in [6.45, 7) is 9.08. The van der Waals surface area contributed by atoms with Gasteiger partial charge in [0.15, 0.2) is 0 Å². The first-order chi connectivity index (χ1) is 8.10. The van der Waals surface area contributed by atoms with Crippen molar-refractivity contribution in [1.82, 2.24) is 5.32 Å². The minimum Gasteiger partial charge on any atom is -0.307 e. The highest BCUT2D eigenvalue weighted by Crippen LogP contribution is 2.24. The number of halogens is 1. The van der Waals surface area contributed by atoms with Gasteiger partial charge < -0.3 is 5.32 Å². The molecule has 0 spiro atoms. The number of nitrogens with one attached hydrogen (secondary N) is 1. The van der Waals surface area contributed by atoms with E-state index in [4.69, 9.17) is 0 Å². The Balaban J connectivity index is 2.66. The zero-order valence-electron chi connectivity index (χ0n) is 11.3. The van der Waals surface area contributed by atoms with Crippen LogP contribution in [0.1, 0.15) is 52.1 Å². The van der Waals surface area contributed by atoms with Gasteiger partial charge in [-0.3, -0.25) is 0 Å². The lowest BCUT2D eigenvalue weighted by Crippen LogP contribution is -2.35. The third-order valence-corrected chi connectivity index (χ3v) is 4.36. The van der Waals surface area contributed by atoms with Crippen molar-refractivity contribution in [3.63, 3.8) is 0 Å². The molecule has 0 radical (unpaired) electrons. The van der Waals surface area contributed by atoms with E-state index in [-0.39, 0.29) is 0 Å². The lowest BCUT2D eigenvalue weighted by Gasteiger charge is -2.27. The highest BCUT2D eigenvalue weighted by molar-refractivity contribution is 9.10. The summed E-state index contributed by atoms with van der Waals surface area (Å²) in [6, 6.07) is 9.40. The monoisotopic (exact) mass is 297 g/mol. The maximum atomic E-state index is 3.71. The largest absolute Gasteiger partial charge is 0.307 e. The minimum atomic E-state index is 0.390. The molecule has 1 N–H and O–H groups in total. The predicted molar refractivity (Wildman–Crippen MR) is 79.2 cm³/mol. The second kappa shape index (κ2) is 7.17. The molecule has 0 saturated carbocycles. The van der Waals surface area contributed by atoms with E-state index < -0.39 is 0 Å². The van der Waals surface area contributed by atoms with Crippen molar-refractivity contribution in [3.05, 3.63) is 34.3 Å². The van der Waals surface area contributed by atoms with Crippen LogP contribution >= 0.6 is 15.9 Å². The lowest BCUT2D eigenvalue weighted by atomic mass is 9.94. The van der Waals surface area contributed by atoms with Gasteiger partial charge in [-0.05, 0) is 31.4 Å². The summed E-state index contributed by atoms with van der Waals surface area (Å²) < 4.78 is 1.19. The van der Waals surface area contributed by atoms with E-state index in [0.29, 0.717) is 12.1 Å². The Morgan fingerprint density at radius 3 is 2.24 bits per heavy atom. The van der Waals surface area contributed by atoms with Crippen LogP contribution in [0.15, 0.2) is 28.7 Å². The Hall–Kier alpha value is -0.340. The van der Waals surface area contributed by atoms with Gasteiger partial charge in [0, 0.05) is 16.6 Å². The van der Waals surface area contributed by atoms with Gasteiger partial charge in [-0.25, -0.2) is 0 Å². The lowest BCUT2D eigenvalue weighted by molar-refractivity contribution is 0.330. The van der Waals surface area contributed by atoms with Crippen LogP contribution in [0.5, 0.6) is 0 Å². The number of benzene rings is 1. The molecule has 0 amide bonds. The molecular formula is C15H24BrN. The average Bonchev–Trinajstić information content (AvgIpc) is 2.31. The van der Waals surface area contributed by atoms with Crippen LogP contribution in [0, 0.1) is 5.92 Å². The van der Waals surface area contributed by atoms with E-state index in [1.165, 1.54) is 22.9 Å². The number of rotatable bonds is 6. The topological polar surface area (TPSA) is 12.0 Å². The fraction of sp³-hybridized carbons (Fsp3) is 0.600. The zero-order valence-corrected chi connectivity index (χ0v) is 12.9. The van der Waals surface area contributed by atoms with Crippen LogP contribution in [0.4, 0.5) is 0 Å². The molecule has 0 heterocycles. The molecule has 0 aliphatic heterocycles. The Morgan fingerprint density at radius 1 is 1.12 bits per heavy atom. The number of hydrogen-bond acceptors (Lipinski definition) is 1. The van der Waals surface area contributed by atoms with E-state index in [9.17, 15) is 0 Å².